The second kappa shape index (κ2) is 11.6. The fraction of sp³-hybridized carbons (Fsp3) is 0.345. The number of nitrogens with zero attached hydrogens (tertiary/aromatic N) is 4. The molecule has 1 aliphatic carbocycles. The highest BCUT2D eigenvalue weighted by Gasteiger charge is 2.28. The molecule has 0 saturated heterocycles. The van der Waals surface area contributed by atoms with Gasteiger partial charge in [0.25, 0.3) is 0 Å². The molecule has 4 aromatic rings. The Labute approximate surface area is 231 Å². The van der Waals surface area contributed by atoms with Crippen LogP contribution in [0, 0.1) is 0 Å². The van der Waals surface area contributed by atoms with Crippen molar-refractivity contribution < 1.29 is 19.1 Å². The van der Waals surface area contributed by atoms with E-state index < -0.39 is 23.6 Å². The highest BCUT2D eigenvalue weighted by atomic mass is 16.6. The summed E-state index contributed by atoms with van der Waals surface area (Å²) in [7, 11) is 1.61. The van der Waals surface area contributed by atoms with Crippen molar-refractivity contribution in [3.63, 3.8) is 0 Å². The third kappa shape index (κ3) is 5.98. The van der Waals surface area contributed by atoms with Gasteiger partial charge in [0, 0.05) is 17.5 Å². The van der Waals surface area contributed by atoms with Crippen molar-refractivity contribution in [2.45, 2.75) is 50.7 Å². The Morgan fingerprint density at radius 1 is 1.12 bits per heavy atom. The molecule has 1 aliphatic rings. The van der Waals surface area contributed by atoms with Crippen molar-refractivity contribution >= 4 is 34.5 Å². The normalized spacial score (nSPS) is 17.1. The molecule has 5 rings (SSSR count). The minimum absolute atomic E-state index is 0.365. The van der Waals surface area contributed by atoms with Crippen molar-refractivity contribution in [2.75, 3.05) is 19.0 Å². The van der Waals surface area contributed by atoms with Crippen LogP contribution >= 0.6 is 0 Å². The van der Waals surface area contributed by atoms with E-state index in [9.17, 15) is 9.59 Å². The molecule has 0 bridgehead atoms. The molecule has 4 N–H and O–H groups in total. The van der Waals surface area contributed by atoms with Crippen molar-refractivity contribution in [1.29, 1.82) is 0 Å². The summed E-state index contributed by atoms with van der Waals surface area (Å²) in [4.78, 5) is 34.0. The number of nitrogens with one attached hydrogen (secondary N) is 2. The average Bonchev–Trinajstić information content (AvgIpc) is 3.59. The first-order valence-electron chi connectivity index (χ1n) is 13.4. The Balaban J connectivity index is 1.28. The van der Waals surface area contributed by atoms with Crippen LogP contribution in [0.2, 0.25) is 0 Å². The lowest BCUT2D eigenvalue weighted by Crippen LogP contribution is -2.37. The van der Waals surface area contributed by atoms with Gasteiger partial charge in [0.05, 0.1) is 12.6 Å². The lowest BCUT2D eigenvalue weighted by Gasteiger charge is -2.22. The Bertz CT molecular complexity index is 1550. The van der Waals surface area contributed by atoms with Crippen LogP contribution in [0.3, 0.4) is 0 Å². The number of rotatable bonds is 11. The summed E-state index contributed by atoms with van der Waals surface area (Å²) in [5.41, 5.74) is 7.34. The third-order valence-electron chi connectivity index (χ3n) is 6.97. The predicted molar refractivity (Wildman–Crippen MR) is 152 cm³/mol. The Kier molecular flexibility index (Phi) is 7.81. The number of alkyl carbamates (subject to hydrolysis) is 1. The second-order valence-electron chi connectivity index (χ2n) is 10.0. The number of methoxy groups -OCH3 is 1. The quantitative estimate of drug-likeness (QED) is 0.188. The molecule has 1 unspecified atom stereocenters. The molecule has 0 fully saturated rings. The van der Waals surface area contributed by atoms with E-state index in [2.05, 4.69) is 10.6 Å². The topological polar surface area (TPSA) is 146 Å². The minimum atomic E-state index is -0.694. The maximum absolute atomic E-state index is 12.4. The maximum Gasteiger partial charge on any atom is 0.407 e. The molecule has 11 heteroatoms. The number of carbonyl (C=O) groups excluding carboxylic acids is 2. The summed E-state index contributed by atoms with van der Waals surface area (Å²) in [6.45, 7) is 2.32. The molecular formula is C29H33N7O4. The SMILES string of the molecule is COc1ccc(-c2nc3c4ccccc4nc(N[C@@H](CCCCNC(=O)OC4(C)C=CCC4)C(N)=O)n3n2)cc1. The summed E-state index contributed by atoms with van der Waals surface area (Å²) in [6, 6.07) is 14.4. The summed E-state index contributed by atoms with van der Waals surface area (Å²) < 4.78 is 12.4. The van der Waals surface area contributed by atoms with E-state index in [0.717, 1.165) is 29.5 Å². The van der Waals surface area contributed by atoms with E-state index in [1.807, 2.05) is 67.6 Å². The summed E-state index contributed by atoms with van der Waals surface area (Å²) >= 11 is 0. The molecule has 0 aliphatic heterocycles. The number of hydrogen-bond acceptors (Lipinski definition) is 8. The van der Waals surface area contributed by atoms with Gasteiger partial charge in [-0.3, -0.25) is 4.79 Å². The molecule has 208 valence electrons. The highest BCUT2D eigenvalue weighted by Crippen LogP contribution is 2.27. The number of benzene rings is 2. The van der Waals surface area contributed by atoms with Crippen LogP contribution in [0.1, 0.15) is 39.0 Å². The third-order valence-corrected chi connectivity index (χ3v) is 6.97. The summed E-state index contributed by atoms with van der Waals surface area (Å²) in [6.07, 6.45) is 6.92. The van der Waals surface area contributed by atoms with E-state index in [-0.39, 0.29) is 0 Å². The zero-order valence-electron chi connectivity index (χ0n) is 22.6. The van der Waals surface area contributed by atoms with E-state index in [1.165, 1.54) is 0 Å². The molecule has 2 amide bonds. The fourth-order valence-electron chi connectivity index (χ4n) is 4.74. The number of ether oxygens (including phenoxy) is 2. The van der Waals surface area contributed by atoms with Gasteiger partial charge in [-0.2, -0.15) is 4.52 Å². The number of para-hydroxylation sites is 1. The minimum Gasteiger partial charge on any atom is -0.497 e. The first-order valence-corrected chi connectivity index (χ1v) is 13.4. The molecular weight excluding hydrogens is 510 g/mol. The Morgan fingerprint density at radius 3 is 2.65 bits per heavy atom. The number of allylic oxidation sites excluding steroid dienone is 1. The fourth-order valence-corrected chi connectivity index (χ4v) is 4.74. The van der Waals surface area contributed by atoms with Crippen LogP contribution < -0.4 is 21.1 Å². The van der Waals surface area contributed by atoms with Crippen LogP contribution in [0.25, 0.3) is 27.9 Å². The van der Waals surface area contributed by atoms with Gasteiger partial charge in [-0.25, -0.2) is 14.8 Å². The van der Waals surface area contributed by atoms with Crippen molar-refractivity contribution in [3.8, 4) is 17.1 Å². The lowest BCUT2D eigenvalue weighted by molar-refractivity contribution is -0.118. The standard InChI is InChI=1S/C29H33N7O4/c1-29(16-6-7-17-29)40-28(38)31-18-8-5-11-23(24(30)37)33-27-32-22-10-4-3-9-21(22)26-34-25(35-36(26)27)19-12-14-20(39-2)15-13-19/h3-4,6,9-10,12-16,23H,5,7-8,11,17-18H2,1-2H3,(H2,30,37)(H,31,38)(H,32,33)/t23-,29?/m0/s1. The Morgan fingerprint density at radius 2 is 1.93 bits per heavy atom. The van der Waals surface area contributed by atoms with Gasteiger partial charge in [0.2, 0.25) is 11.9 Å². The number of nitrogens with two attached hydrogens (primary N) is 1. The van der Waals surface area contributed by atoms with Crippen LogP contribution in [0.5, 0.6) is 5.75 Å². The van der Waals surface area contributed by atoms with Crippen LogP contribution in [0.4, 0.5) is 10.7 Å². The van der Waals surface area contributed by atoms with Crippen molar-refractivity contribution in [3.05, 3.63) is 60.7 Å². The molecule has 2 atom stereocenters. The van der Waals surface area contributed by atoms with Gasteiger partial charge in [-0.15, -0.1) is 5.10 Å². The molecule has 0 spiro atoms. The zero-order chi connectivity index (χ0) is 28.1. The van der Waals surface area contributed by atoms with Crippen molar-refractivity contribution in [1.82, 2.24) is 24.9 Å². The van der Waals surface area contributed by atoms with E-state index >= 15 is 0 Å². The molecule has 0 saturated carbocycles. The number of aromatic nitrogens is 4. The van der Waals surface area contributed by atoms with Gasteiger partial charge < -0.3 is 25.8 Å². The molecule has 11 nitrogen and oxygen atoms in total. The number of primary amides is 1. The first-order chi connectivity index (χ1) is 19.3. The average molecular weight is 544 g/mol. The van der Waals surface area contributed by atoms with Crippen molar-refractivity contribution in [2.24, 2.45) is 5.73 Å². The number of fused-ring (bicyclic) bond motifs is 3. The Hall–Kier alpha value is -4.67. The molecule has 2 heterocycles. The van der Waals surface area contributed by atoms with Crippen LogP contribution in [0.15, 0.2) is 60.7 Å². The lowest BCUT2D eigenvalue weighted by atomic mass is 10.1. The number of amides is 2. The first kappa shape index (κ1) is 26.9. The van der Waals surface area contributed by atoms with Gasteiger partial charge in [-0.1, -0.05) is 18.2 Å². The molecule has 40 heavy (non-hydrogen) atoms. The maximum atomic E-state index is 12.4. The van der Waals surface area contributed by atoms with E-state index in [0.29, 0.717) is 48.7 Å². The van der Waals surface area contributed by atoms with Gasteiger partial charge >= 0.3 is 6.09 Å². The number of unbranched alkanes of at least 4 members (excludes halogenated alkanes) is 1. The summed E-state index contributed by atoms with van der Waals surface area (Å²) in [5.74, 6) is 1.11. The largest absolute Gasteiger partial charge is 0.497 e. The van der Waals surface area contributed by atoms with Crippen LogP contribution in [-0.2, 0) is 9.53 Å². The van der Waals surface area contributed by atoms with E-state index in [1.54, 1.807) is 11.6 Å². The van der Waals surface area contributed by atoms with Gasteiger partial charge in [-0.05, 0) is 81.5 Å². The number of hydrogen-bond donors (Lipinski definition) is 3. The zero-order valence-corrected chi connectivity index (χ0v) is 22.6. The summed E-state index contributed by atoms with van der Waals surface area (Å²) in [5, 5.41) is 11.5. The second-order valence-corrected chi connectivity index (χ2v) is 10.0. The number of anilines is 1. The molecule has 0 radical (unpaired) electrons. The number of carbonyl (C=O) groups is 2. The van der Waals surface area contributed by atoms with Crippen LogP contribution in [-0.4, -0.2) is 56.9 Å². The predicted octanol–water partition coefficient (Wildman–Crippen LogP) is 4.22. The smallest absolute Gasteiger partial charge is 0.407 e. The molecule has 2 aromatic heterocycles. The van der Waals surface area contributed by atoms with Gasteiger partial charge in [0.15, 0.2) is 11.5 Å². The molecule has 2 aromatic carbocycles. The monoisotopic (exact) mass is 543 g/mol. The highest BCUT2D eigenvalue weighted by molar-refractivity contribution is 5.93. The van der Waals surface area contributed by atoms with Gasteiger partial charge in [0.1, 0.15) is 17.4 Å². The van der Waals surface area contributed by atoms with E-state index in [4.69, 9.17) is 30.3 Å².